The summed E-state index contributed by atoms with van der Waals surface area (Å²) in [5.74, 6) is -0.655. The smallest absolute Gasteiger partial charge is 0.253 e. The lowest BCUT2D eigenvalue weighted by Gasteiger charge is -2.38. The van der Waals surface area contributed by atoms with Crippen molar-refractivity contribution in [2.75, 3.05) is 13.1 Å². The minimum Gasteiger partial charge on any atom is -0.389 e. The minimum atomic E-state index is -1.17. The summed E-state index contributed by atoms with van der Waals surface area (Å²) in [7, 11) is 0. The van der Waals surface area contributed by atoms with Crippen molar-refractivity contribution in [3.63, 3.8) is 0 Å². The number of benzene rings is 1. The normalized spacial score (nSPS) is 15.8. The Morgan fingerprint density at radius 2 is 1.79 bits per heavy atom. The Morgan fingerprint density at radius 3 is 2.41 bits per heavy atom. The van der Waals surface area contributed by atoms with Gasteiger partial charge < -0.3 is 10.0 Å². The van der Waals surface area contributed by atoms with Gasteiger partial charge in [0.1, 0.15) is 5.78 Å². The predicted octanol–water partition coefficient (Wildman–Crippen LogP) is 2.90. The van der Waals surface area contributed by atoms with E-state index in [-0.39, 0.29) is 30.3 Å². The third-order valence-corrected chi connectivity index (χ3v) is 5.60. The van der Waals surface area contributed by atoms with Crippen molar-refractivity contribution in [3.05, 3.63) is 65.0 Å². The second kappa shape index (κ2) is 8.66. The number of hydrogen-bond acceptors (Lipinski definition) is 5. The van der Waals surface area contributed by atoms with Crippen LogP contribution in [-0.2, 0) is 4.79 Å². The molecule has 6 heteroatoms. The molecule has 6 nitrogen and oxygen atoms in total. The molecular weight excluding hydrogens is 368 g/mol. The van der Waals surface area contributed by atoms with Gasteiger partial charge in [-0.1, -0.05) is 6.07 Å². The minimum absolute atomic E-state index is 0.0618. The molecular formula is C23H26N2O4. The van der Waals surface area contributed by atoms with Crippen LogP contribution in [-0.4, -0.2) is 51.2 Å². The van der Waals surface area contributed by atoms with Crippen LogP contribution in [0.1, 0.15) is 57.5 Å². The van der Waals surface area contributed by atoms with E-state index in [4.69, 9.17) is 0 Å². The number of nitrogens with zero attached hydrogens (tertiary/aromatic N) is 2. The van der Waals surface area contributed by atoms with Crippen LogP contribution in [0.25, 0.3) is 0 Å². The Kier molecular flexibility index (Phi) is 6.23. The van der Waals surface area contributed by atoms with Crippen LogP contribution >= 0.6 is 0 Å². The van der Waals surface area contributed by atoms with Gasteiger partial charge >= 0.3 is 0 Å². The molecule has 0 radical (unpaired) electrons. The van der Waals surface area contributed by atoms with Crippen LogP contribution in [0.5, 0.6) is 0 Å². The molecule has 0 atom stereocenters. The van der Waals surface area contributed by atoms with Gasteiger partial charge in [0.15, 0.2) is 5.78 Å². The molecule has 1 fully saturated rings. The Morgan fingerprint density at radius 1 is 1.07 bits per heavy atom. The SMILES string of the molecule is Cc1ccc(C(=O)N2CCC(O)(CC(=O)CC(=O)c3cccnc3)CC2)cc1C. The van der Waals surface area contributed by atoms with E-state index in [1.807, 2.05) is 32.0 Å². The quantitative estimate of drug-likeness (QED) is 0.601. The van der Waals surface area contributed by atoms with E-state index in [0.29, 0.717) is 37.1 Å². The molecule has 0 saturated carbocycles. The van der Waals surface area contributed by atoms with Gasteiger partial charge in [0, 0.05) is 43.0 Å². The molecule has 1 aromatic heterocycles. The lowest BCUT2D eigenvalue weighted by atomic mass is 9.85. The highest BCUT2D eigenvalue weighted by Crippen LogP contribution is 2.28. The third kappa shape index (κ3) is 5.15. The average molecular weight is 394 g/mol. The largest absolute Gasteiger partial charge is 0.389 e. The molecule has 1 aliphatic heterocycles. The van der Waals surface area contributed by atoms with Gasteiger partial charge in [-0.25, -0.2) is 0 Å². The first-order valence-corrected chi connectivity index (χ1v) is 9.81. The number of likely N-dealkylation sites (tertiary alicyclic amines) is 1. The molecule has 1 saturated heterocycles. The van der Waals surface area contributed by atoms with E-state index in [1.54, 1.807) is 23.2 Å². The molecule has 0 aliphatic carbocycles. The molecule has 0 bridgehead atoms. The van der Waals surface area contributed by atoms with Gasteiger partial charge in [-0.15, -0.1) is 0 Å². The first kappa shape index (κ1) is 20.9. The lowest BCUT2D eigenvalue weighted by Crippen LogP contribution is -2.47. The van der Waals surface area contributed by atoms with Gasteiger partial charge in [0.25, 0.3) is 5.91 Å². The molecule has 0 spiro atoms. The highest BCUT2D eigenvalue weighted by Gasteiger charge is 2.36. The van der Waals surface area contributed by atoms with Crippen LogP contribution < -0.4 is 0 Å². The highest BCUT2D eigenvalue weighted by molar-refractivity contribution is 6.08. The summed E-state index contributed by atoms with van der Waals surface area (Å²) in [6, 6.07) is 8.90. The molecule has 3 rings (SSSR count). The van der Waals surface area contributed by atoms with Crippen molar-refractivity contribution in [2.24, 2.45) is 0 Å². The number of aliphatic hydroxyl groups is 1. The van der Waals surface area contributed by atoms with Crippen molar-refractivity contribution in [2.45, 2.75) is 45.1 Å². The fourth-order valence-electron chi connectivity index (χ4n) is 3.60. The zero-order chi connectivity index (χ0) is 21.0. The Hall–Kier alpha value is -2.86. The summed E-state index contributed by atoms with van der Waals surface area (Å²) in [4.78, 5) is 42.8. The number of amides is 1. The second-order valence-electron chi connectivity index (χ2n) is 7.87. The number of aromatic nitrogens is 1. The zero-order valence-corrected chi connectivity index (χ0v) is 16.9. The van der Waals surface area contributed by atoms with Crippen LogP contribution in [0.2, 0.25) is 0 Å². The molecule has 2 heterocycles. The van der Waals surface area contributed by atoms with E-state index in [9.17, 15) is 19.5 Å². The average Bonchev–Trinajstić information content (AvgIpc) is 2.70. The maximum atomic E-state index is 12.7. The van der Waals surface area contributed by atoms with Crippen molar-refractivity contribution in [1.82, 2.24) is 9.88 Å². The molecule has 1 N–H and O–H groups in total. The molecule has 1 amide bonds. The first-order valence-electron chi connectivity index (χ1n) is 9.81. The fourth-order valence-corrected chi connectivity index (χ4v) is 3.60. The number of piperidine rings is 1. The number of carbonyl (C=O) groups excluding carboxylic acids is 3. The summed E-state index contributed by atoms with van der Waals surface area (Å²) in [6.07, 6.45) is 3.30. The topological polar surface area (TPSA) is 87.6 Å². The summed E-state index contributed by atoms with van der Waals surface area (Å²) in [6.45, 7) is 4.73. The summed E-state index contributed by atoms with van der Waals surface area (Å²) in [5.41, 5.74) is 2.05. The lowest BCUT2D eigenvalue weighted by molar-refractivity contribution is -0.124. The monoisotopic (exact) mass is 394 g/mol. The number of carbonyl (C=O) groups is 3. The van der Waals surface area contributed by atoms with Gasteiger partial charge in [0.05, 0.1) is 12.0 Å². The molecule has 152 valence electrons. The third-order valence-electron chi connectivity index (χ3n) is 5.60. The predicted molar refractivity (Wildman–Crippen MR) is 109 cm³/mol. The van der Waals surface area contributed by atoms with Gasteiger partial charge in [0.2, 0.25) is 0 Å². The maximum absolute atomic E-state index is 12.7. The Bertz CT molecular complexity index is 916. The fraction of sp³-hybridized carbons (Fsp3) is 0.391. The number of rotatable bonds is 6. The molecule has 1 aliphatic rings. The van der Waals surface area contributed by atoms with Crippen molar-refractivity contribution in [3.8, 4) is 0 Å². The second-order valence-corrected chi connectivity index (χ2v) is 7.87. The van der Waals surface area contributed by atoms with Gasteiger partial charge in [-0.05, 0) is 62.1 Å². The van der Waals surface area contributed by atoms with E-state index in [2.05, 4.69) is 4.98 Å². The highest BCUT2D eigenvalue weighted by atomic mass is 16.3. The number of aryl methyl sites for hydroxylation is 2. The first-order chi connectivity index (χ1) is 13.8. The number of ketones is 2. The molecule has 29 heavy (non-hydrogen) atoms. The van der Waals surface area contributed by atoms with Crippen molar-refractivity contribution in [1.29, 1.82) is 0 Å². The Balaban J connectivity index is 1.54. The van der Waals surface area contributed by atoms with E-state index < -0.39 is 5.60 Å². The van der Waals surface area contributed by atoms with Gasteiger partial charge in [-0.2, -0.15) is 0 Å². The maximum Gasteiger partial charge on any atom is 0.253 e. The summed E-state index contributed by atoms with van der Waals surface area (Å²) < 4.78 is 0. The van der Waals surface area contributed by atoms with Crippen LogP contribution in [0, 0.1) is 13.8 Å². The van der Waals surface area contributed by atoms with Crippen molar-refractivity contribution < 1.29 is 19.5 Å². The summed E-state index contributed by atoms with van der Waals surface area (Å²) >= 11 is 0. The molecule has 0 unspecified atom stereocenters. The van der Waals surface area contributed by atoms with Gasteiger partial charge in [-0.3, -0.25) is 19.4 Å². The van der Waals surface area contributed by atoms with E-state index >= 15 is 0 Å². The van der Waals surface area contributed by atoms with Crippen LogP contribution in [0.15, 0.2) is 42.7 Å². The van der Waals surface area contributed by atoms with Crippen molar-refractivity contribution >= 4 is 17.5 Å². The van der Waals surface area contributed by atoms with E-state index in [1.165, 1.54) is 6.20 Å². The number of Topliss-reactive ketones (excluding diaryl/α,β-unsaturated/α-hetero) is 2. The number of pyridine rings is 1. The number of hydrogen-bond donors (Lipinski definition) is 1. The Labute approximate surface area is 170 Å². The zero-order valence-electron chi connectivity index (χ0n) is 16.9. The molecule has 2 aromatic rings. The summed E-state index contributed by atoms with van der Waals surface area (Å²) in [5, 5.41) is 10.8. The van der Waals surface area contributed by atoms with E-state index in [0.717, 1.165) is 11.1 Å². The molecule has 1 aromatic carbocycles. The van der Waals surface area contributed by atoms with Crippen LogP contribution in [0.3, 0.4) is 0 Å². The van der Waals surface area contributed by atoms with Crippen LogP contribution in [0.4, 0.5) is 0 Å². The standard InChI is InChI=1S/C23H26N2O4/c1-16-5-6-18(12-17(16)2)22(28)25-10-7-23(29,8-11-25)14-20(26)13-21(27)19-4-3-9-24-15-19/h3-6,9,12,15,29H,7-8,10-11,13-14H2,1-2H3.